The molecule has 0 aliphatic heterocycles. The number of carbonyl (C=O) groups excluding carboxylic acids is 3. The Balaban J connectivity index is 1.81. The van der Waals surface area contributed by atoms with Gasteiger partial charge in [0.2, 0.25) is 11.8 Å². The monoisotopic (exact) mass is 367 g/mol. The minimum atomic E-state index is -0.398. The van der Waals surface area contributed by atoms with E-state index in [1.807, 2.05) is 56.3 Å². The molecule has 2 aromatic carbocycles. The summed E-state index contributed by atoms with van der Waals surface area (Å²) in [6, 6.07) is 17.0. The zero-order chi connectivity index (χ0) is 19.6. The molecule has 2 rings (SSSR count). The number of benzene rings is 2. The van der Waals surface area contributed by atoms with Crippen LogP contribution in [0.4, 0.5) is 0 Å². The van der Waals surface area contributed by atoms with E-state index < -0.39 is 5.91 Å². The summed E-state index contributed by atoms with van der Waals surface area (Å²) in [5.74, 6) is -0.874. The lowest BCUT2D eigenvalue weighted by Crippen LogP contribution is -2.43. The highest BCUT2D eigenvalue weighted by Gasteiger charge is 2.12. The van der Waals surface area contributed by atoms with Gasteiger partial charge >= 0.3 is 0 Å². The van der Waals surface area contributed by atoms with Crippen LogP contribution >= 0.6 is 0 Å². The number of rotatable bonds is 8. The molecule has 0 bridgehead atoms. The van der Waals surface area contributed by atoms with E-state index in [0.29, 0.717) is 18.7 Å². The van der Waals surface area contributed by atoms with Crippen molar-refractivity contribution in [3.8, 4) is 11.1 Å². The molecule has 0 spiro atoms. The molecule has 2 aromatic rings. The average molecular weight is 367 g/mol. The van der Waals surface area contributed by atoms with Gasteiger partial charge in [-0.2, -0.15) is 0 Å². The number of likely N-dealkylation sites (N-methyl/N-ethyl adjacent to an activating group) is 1. The van der Waals surface area contributed by atoms with Crippen LogP contribution in [0.15, 0.2) is 54.6 Å². The summed E-state index contributed by atoms with van der Waals surface area (Å²) in [7, 11) is 0. The van der Waals surface area contributed by atoms with E-state index in [1.165, 1.54) is 0 Å². The Kier molecular flexibility index (Phi) is 7.55. The van der Waals surface area contributed by atoms with Crippen LogP contribution in [0.25, 0.3) is 11.1 Å². The van der Waals surface area contributed by atoms with Crippen LogP contribution in [0, 0.1) is 0 Å². The van der Waals surface area contributed by atoms with Gasteiger partial charge in [0.15, 0.2) is 0 Å². The van der Waals surface area contributed by atoms with Crippen molar-refractivity contribution in [2.24, 2.45) is 0 Å². The second-order valence-electron chi connectivity index (χ2n) is 5.97. The summed E-state index contributed by atoms with van der Waals surface area (Å²) >= 11 is 0. The normalized spacial score (nSPS) is 10.1. The van der Waals surface area contributed by atoms with E-state index in [1.54, 1.807) is 17.0 Å². The van der Waals surface area contributed by atoms with E-state index >= 15 is 0 Å². The molecular weight excluding hydrogens is 342 g/mol. The fourth-order valence-corrected chi connectivity index (χ4v) is 2.63. The fourth-order valence-electron chi connectivity index (χ4n) is 2.63. The third-order valence-electron chi connectivity index (χ3n) is 4.22. The topological polar surface area (TPSA) is 78.5 Å². The third kappa shape index (κ3) is 5.95. The molecule has 0 aliphatic rings. The zero-order valence-electron chi connectivity index (χ0n) is 15.7. The molecule has 0 aliphatic carbocycles. The lowest BCUT2D eigenvalue weighted by Gasteiger charge is -2.18. The summed E-state index contributed by atoms with van der Waals surface area (Å²) in [6.07, 6.45) is 0. The minimum Gasteiger partial charge on any atom is -0.345 e. The zero-order valence-corrected chi connectivity index (χ0v) is 15.7. The maximum Gasteiger partial charge on any atom is 0.251 e. The molecule has 142 valence electrons. The summed E-state index contributed by atoms with van der Waals surface area (Å²) < 4.78 is 0. The Morgan fingerprint density at radius 3 is 1.96 bits per heavy atom. The second kappa shape index (κ2) is 10.1. The maximum atomic E-state index is 12.2. The number of amides is 3. The molecule has 0 heterocycles. The van der Waals surface area contributed by atoms with Gasteiger partial charge in [-0.25, -0.2) is 0 Å². The summed E-state index contributed by atoms with van der Waals surface area (Å²) in [5, 5.41) is 5.09. The van der Waals surface area contributed by atoms with E-state index in [-0.39, 0.29) is 24.9 Å². The average Bonchev–Trinajstić information content (AvgIpc) is 2.72. The van der Waals surface area contributed by atoms with Crippen LogP contribution in [0.1, 0.15) is 24.2 Å². The number of hydrogen-bond acceptors (Lipinski definition) is 3. The van der Waals surface area contributed by atoms with Crippen molar-refractivity contribution in [1.29, 1.82) is 0 Å². The molecule has 6 heteroatoms. The predicted octanol–water partition coefficient (Wildman–Crippen LogP) is 2.07. The van der Waals surface area contributed by atoms with Crippen molar-refractivity contribution in [3.05, 3.63) is 60.2 Å². The largest absolute Gasteiger partial charge is 0.345 e. The molecule has 3 amide bonds. The van der Waals surface area contributed by atoms with Crippen LogP contribution in [0.5, 0.6) is 0 Å². The molecule has 6 nitrogen and oxygen atoms in total. The number of nitrogens with one attached hydrogen (secondary N) is 2. The molecule has 0 saturated heterocycles. The first-order valence-corrected chi connectivity index (χ1v) is 9.03. The van der Waals surface area contributed by atoms with Crippen molar-refractivity contribution in [2.45, 2.75) is 13.8 Å². The van der Waals surface area contributed by atoms with Gasteiger partial charge in [-0.05, 0) is 37.1 Å². The van der Waals surface area contributed by atoms with Crippen LogP contribution in [-0.2, 0) is 9.59 Å². The van der Waals surface area contributed by atoms with Crippen molar-refractivity contribution >= 4 is 17.7 Å². The van der Waals surface area contributed by atoms with Gasteiger partial charge in [-0.15, -0.1) is 0 Å². The molecule has 2 N–H and O–H groups in total. The maximum absolute atomic E-state index is 12.2. The first-order chi connectivity index (χ1) is 13.0. The molecule has 0 radical (unpaired) electrons. The van der Waals surface area contributed by atoms with Crippen LogP contribution in [0.3, 0.4) is 0 Å². The van der Waals surface area contributed by atoms with Crippen molar-refractivity contribution in [1.82, 2.24) is 15.5 Å². The van der Waals surface area contributed by atoms with Gasteiger partial charge in [0.25, 0.3) is 5.91 Å². The van der Waals surface area contributed by atoms with Crippen LogP contribution in [0.2, 0.25) is 0 Å². The number of carbonyl (C=O) groups is 3. The highest BCUT2D eigenvalue weighted by Crippen LogP contribution is 2.19. The summed E-state index contributed by atoms with van der Waals surface area (Å²) in [4.78, 5) is 37.5. The minimum absolute atomic E-state index is 0.0673. The Hall–Kier alpha value is -3.15. The van der Waals surface area contributed by atoms with Gasteiger partial charge in [0, 0.05) is 18.7 Å². The quantitative estimate of drug-likeness (QED) is 0.750. The summed E-state index contributed by atoms with van der Waals surface area (Å²) in [5.41, 5.74) is 2.56. The Morgan fingerprint density at radius 2 is 1.37 bits per heavy atom. The molecule has 0 fully saturated rings. The Labute approximate surface area is 159 Å². The number of nitrogens with zero attached hydrogens (tertiary/aromatic N) is 1. The second-order valence-corrected chi connectivity index (χ2v) is 5.97. The number of hydrogen-bond donors (Lipinski definition) is 2. The fraction of sp³-hybridized carbons (Fsp3) is 0.286. The predicted molar refractivity (Wildman–Crippen MR) is 105 cm³/mol. The summed E-state index contributed by atoms with van der Waals surface area (Å²) in [6.45, 7) is 4.72. The molecule has 0 unspecified atom stereocenters. The first-order valence-electron chi connectivity index (χ1n) is 9.03. The lowest BCUT2D eigenvalue weighted by molar-refractivity contribution is -0.132. The highest BCUT2D eigenvalue weighted by atomic mass is 16.2. The van der Waals surface area contributed by atoms with E-state index in [9.17, 15) is 14.4 Å². The molecule has 0 saturated carbocycles. The van der Waals surface area contributed by atoms with E-state index in [2.05, 4.69) is 10.6 Å². The standard InChI is InChI=1S/C21H25N3O3/c1-3-24(4-2)20(26)15-22-19(25)14-23-21(27)18-12-10-17(11-13-18)16-8-6-5-7-9-16/h5-13H,3-4,14-15H2,1-2H3,(H,22,25)(H,23,27). The van der Waals surface area contributed by atoms with Gasteiger partial charge in [0.1, 0.15) is 0 Å². The van der Waals surface area contributed by atoms with E-state index in [4.69, 9.17) is 0 Å². The SMILES string of the molecule is CCN(CC)C(=O)CNC(=O)CNC(=O)c1ccc(-c2ccccc2)cc1. The first kappa shape index (κ1) is 20.2. The van der Waals surface area contributed by atoms with Crippen molar-refractivity contribution in [2.75, 3.05) is 26.2 Å². The smallest absolute Gasteiger partial charge is 0.251 e. The Bertz CT molecular complexity index is 769. The van der Waals surface area contributed by atoms with Gasteiger partial charge in [-0.3, -0.25) is 14.4 Å². The van der Waals surface area contributed by atoms with E-state index in [0.717, 1.165) is 11.1 Å². The van der Waals surface area contributed by atoms with Crippen LogP contribution < -0.4 is 10.6 Å². The van der Waals surface area contributed by atoms with Gasteiger partial charge in [-0.1, -0.05) is 42.5 Å². The van der Waals surface area contributed by atoms with Crippen molar-refractivity contribution < 1.29 is 14.4 Å². The van der Waals surface area contributed by atoms with Crippen molar-refractivity contribution in [3.63, 3.8) is 0 Å². The van der Waals surface area contributed by atoms with Gasteiger partial charge in [0.05, 0.1) is 13.1 Å². The lowest BCUT2D eigenvalue weighted by atomic mass is 10.0. The Morgan fingerprint density at radius 1 is 0.778 bits per heavy atom. The molecule has 0 aromatic heterocycles. The highest BCUT2D eigenvalue weighted by molar-refractivity contribution is 5.97. The molecular formula is C21H25N3O3. The van der Waals surface area contributed by atoms with Gasteiger partial charge < -0.3 is 15.5 Å². The third-order valence-corrected chi connectivity index (χ3v) is 4.22. The molecule has 27 heavy (non-hydrogen) atoms. The van der Waals surface area contributed by atoms with Crippen LogP contribution in [-0.4, -0.2) is 48.8 Å². The molecule has 0 atom stereocenters.